The first-order valence-corrected chi connectivity index (χ1v) is 7.44. The number of hydrogen-bond acceptors (Lipinski definition) is 6. The van der Waals surface area contributed by atoms with Crippen LogP contribution in [0.15, 0.2) is 23.1 Å². The quantitative estimate of drug-likeness (QED) is 0.411. The molecule has 0 saturated heterocycles. The maximum atomic E-state index is 12.2. The number of nitro benzene ring substituents is 1. The summed E-state index contributed by atoms with van der Waals surface area (Å²) in [7, 11) is -3.80. The van der Waals surface area contributed by atoms with Gasteiger partial charge < -0.3 is 5.43 Å². The molecule has 0 aliphatic heterocycles. The number of nitrogens with one attached hydrogen (secondary N) is 2. The van der Waals surface area contributed by atoms with Crippen molar-refractivity contribution in [2.24, 2.45) is 11.8 Å². The van der Waals surface area contributed by atoms with Crippen LogP contribution in [0.2, 0.25) is 0 Å². The minimum absolute atomic E-state index is 0.0253. The largest absolute Gasteiger partial charge is 0.323 e. The topological polar surface area (TPSA) is 127 Å². The summed E-state index contributed by atoms with van der Waals surface area (Å²) in [6, 6.07) is 3.08. The highest BCUT2D eigenvalue weighted by atomic mass is 32.2. The molecule has 0 radical (unpaired) electrons. The van der Waals surface area contributed by atoms with Crippen molar-refractivity contribution >= 4 is 21.4 Å². The number of benzene rings is 1. The Kier molecular flexibility index (Phi) is 5.03. The molecular formula is C11H18N4O4S. The standard InChI is InChI=1S/C11H18N4O4S/c1-7(2)8(3)14-20(18,19)11-5-4-9(15(16)17)6-10(11)13-12/h4-8,13-14H,12H2,1-3H3. The van der Waals surface area contributed by atoms with Crippen LogP contribution >= 0.6 is 0 Å². The number of nitrogens with two attached hydrogens (primary N) is 1. The number of hydrogen-bond donors (Lipinski definition) is 3. The van der Waals surface area contributed by atoms with Crippen molar-refractivity contribution in [3.63, 3.8) is 0 Å². The van der Waals surface area contributed by atoms with Crippen molar-refractivity contribution in [1.82, 2.24) is 4.72 Å². The van der Waals surface area contributed by atoms with E-state index in [4.69, 9.17) is 5.84 Å². The van der Waals surface area contributed by atoms with Crippen LogP contribution in [0.4, 0.5) is 11.4 Å². The second kappa shape index (κ2) is 6.16. The van der Waals surface area contributed by atoms with E-state index in [1.165, 1.54) is 0 Å². The summed E-state index contributed by atoms with van der Waals surface area (Å²) in [5.41, 5.74) is 1.91. The normalized spacial score (nSPS) is 13.2. The zero-order valence-electron chi connectivity index (χ0n) is 11.5. The van der Waals surface area contributed by atoms with E-state index in [0.29, 0.717) is 0 Å². The molecule has 1 atom stereocenters. The number of hydrazine groups is 1. The molecule has 0 aliphatic carbocycles. The van der Waals surface area contributed by atoms with Crippen molar-refractivity contribution in [2.45, 2.75) is 31.7 Å². The lowest BCUT2D eigenvalue weighted by Gasteiger charge is -2.18. The molecule has 112 valence electrons. The van der Waals surface area contributed by atoms with Gasteiger partial charge in [0.05, 0.1) is 10.6 Å². The Bertz CT molecular complexity index is 600. The predicted molar refractivity (Wildman–Crippen MR) is 75.5 cm³/mol. The van der Waals surface area contributed by atoms with Crippen LogP contribution < -0.4 is 16.0 Å². The minimum atomic E-state index is -3.80. The van der Waals surface area contributed by atoms with Crippen LogP contribution in [-0.4, -0.2) is 19.4 Å². The van der Waals surface area contributed by atoms with Crippen molar-refractivity contribution in [3.05, 3.63) is 28.3 Å². The predicted octanol–water partition coefficient (Wildman–Crippen LogP) is 1.20. The van der Waals surface area contributed by atoms with Gasteiger partial charge in [0, 0.05) is 18.2 Å². The molecular weight excluding hydrogens is 284 g/mol. The summed E-state index contributed by atoms with van der Waals surface area (Å²) >= 11 is 0. The molecule has 0 saturated carbocycles. The lowest BCUT2D eigenvalue weighted by atomic mass is 10.1. The molecule has 0 aliphatic rings. The Hall–Kier alpha value is -1.71. The number of nitro groups is 1. The fourth-order valence-electron chi connectivity index (χ4n) is 1.42. The highest BCUT2D eigenvalue weighted by Gasteiger charge is 2.23. The highest BCUT2D eigenvalue weighted by Crippen LogP contribution is 2.26. The van der Waals surface area contributed by atoms with Crippen LogP contribution in [-0.2, 0) is 10.0 Å². The van der Waals surface area contributed by atoms with E-state index in [0.717, 1.165) is 18.2 Å². The number of sulfonamides is 1. The van der Waals surface area contributed by atoms with Gasteiger partial charge in [0.2, 0.25) is 10.0 Å². The van der Waals surface area contributed by atoms with E-state index in [9.17, 15) is 18.5 Å². The monoisotopic (exact) mass is 302 g/mol. The minimum Gasteiger partial charge on any atom is -0.323 e. The molecule has 0 spiro atoms. The SMILES string of the molecule is CC(C)C(C)NS(=O)(=O)c1ccc([N+](=O)[O-])cc1NN. The number of anilines is 1. The Morgan fingerprint density at radius 3 is 2.35 bits per heavy atom. The highest BCUT2D eigenvalue weighted by molar-refractivity contribution is 7.89. The number of rotatable bonds is 6. The third-order valence-electron chi connectivity index (χ3n) is 2.96. The lowest BCUT2D eigenvalue weighted by molar-refractivity contribution is -0.384. The fourth-order valence-corrected chi connectivity index (χ4v) is 2.97. The zero-order chi connectivity index (χ0) is 15.5. The molecule has 9 heteroatoms. The Balaban J connectivity index is 3.21. The number of non-ortho nitro benzene ring substituents is 1. The molecule has 20 heavy (non-hydrogen) atoms. The fraction of sp³-hybridized carbons (Fsp3) is 0.455. The summed E-state index contributed by atoms with van der Waals surface area (Å²) < 4.78 is 27.0. The van der Waals surface area contributed by atoms with Gasteiger partial charge in [-0.3, -0.25) is 16.0 Å². The first kappa shape index (κ1) is 16.3. The maximum Gasteiger partial charge on any atom is 0.271 e. The molecule has 1 aromatic rings. The van der Waals surface area contributed by atoms with Gasteiger partial charge in [-0.2, -0.15) is 0 Å². The summed E-state index contributed by atoms with van der Waals surface area (Å²) in [5, 5.41) is 10.7. The van der Waals surface area contributed by atoms with E-state index in [1.54, 1.807) is 6.92 Å². The van der Waals surface area contributed by atoms with E-state index in [-0.39, 0.29) is 28.2 Å². The van der Waals surface area contributed by atoms with Crippen molar-refractivity contribution < 1.29 is 13.3 Å². The van der Waals surface area contributed by atoms with Crippen LogP contribution in [0.5, 0.6) is 0 Å². The van der Waals surface area contributed by atoms with Gasteiger partial charge in [-0.05, 0) is 18.9 Å². The first-order chi connectivity index (χ1) is 9.19. The summed E-state index contributed by atoms with van der Waals surface area (Å²) in [6.45, 7) is 5.50. The first-order valence-electron chi connectivity index (χ1n) is 5.96. The van der Waals surface area contributed by atoms with Gasteiger partial charge in [0.15, 0.2) is 0 Å². The van der Waals surface area contributed by atoms with E-state index in [2.05, 4.69) is 10.1 Å². The van der Waals surface area contributed by atoms with E-state index >= 15 is 0 Å². The van der Waals surface area contributed by atoms with Gasteiger partial charge in [-0.1, -0.05) is 13.8 Å². The summed E-state index contributed by atoms with van der Waals surface area (Å²) in [4.78, 5) is 9.92. The van der Waals surface area contributed by atoms with Gasteiger partial charge >= 0.3 is 0 Å². The van der Waals surface area contributed by atoms with Crippen molar-refractivity contribution in [2.75, 3.05) is 5.43 Å². The van der Waals surface area contributed by atoms with Crippen LogP contribution in [0.1, 0.15) is 20.8 Å². The number of nitrogen functional groups attached to an aromatic ring is 1. The molecule has 4 N–H and O–H groups in total. The average molecular weight is 302 g/mol. The van der Waals surface area contributed by atoms with Crippen LogP contribution in [0.3, 0.4) is 0 Å². The molecule has 0 amide bonds. The zero-order valence-corrected chi connectivity index (χ0v) is 12.3. The lowest BCUT2D eigenvalue weighted by Crippen LogP contribution is -2.36. The summed E-state index contributed by atoms with van der Waals surface area (Å²) in [6.07, 6.45) is 0. The summed E-state index contributed by atoms with van der Waals surface area (Å²) in [5.74, 6) is 5.35. The molecule has 0 bridgehead atoms. The van der Waals surface area contributed by atoms with Gasteiger partial charge in [0.1, 0.15) is 4.90 Å². The molecule has 0 fully saturated rings. The third-order valence-corrected chi connectivity index (χ3v) is 4.58. The number of nitrogens with zero attached hydrogens (tertiary/aromatic N) is 1. The van der Waals surface area contributed by atoms with Crippen LogP contribution in [0, 0.1) is 16.0 Å². The van der Waals surface area contributed by atoms with E-state index < -0.39 is 14.9 Å². The van der Waals surface area contributed by atoms with E-state index in [1.807, 2.05) is 13.8 Å². The Labute approximate surface area is 117 Å². The molecule has 1 rings (SSSR count). The van der Waals surface area contributed by atoms with Crippen molar-refractivity contribution in [3.8, 4) is 0 Å². The second-order valence-electron chi connectivity index (χ2n) is 4.74. The average Bonchev–Trinajstić information content (AvgIpc) is 2.37. The Morgan fingerprint density at radius 1 is 1.30 bits per heavy atom. The molecule has 1 aromatic carbocycles. The van der Waals surface area contributed by atoms with Gasteiger partial charge in [-0.15, -0.1) is 0 Å². The second-order valence-corrected chi connectivity index (χ2v) is 6.42. The van der Waals surface area contributed by atoms with Crippen LogP contribution in [0.25, 0.3) is 0 Å². The smallest absolute Gasteiger partial charge is 0.271 e. The van der Waals surface area contributed by atoms with Gasteiger partial charge in [-0.25, -0.2) is 13.1 Å². The molecule has 8 nitrogen and oxygen atoms in total. The van der Waals surface area contributed by atoms with Gasteiger partial charge in [0.25, 0.3) is 5.69 Å². The molecule has 0 heterocycles. The third kappa shape index (κ3) is 3.65. The van der Waals surface area contributed by atoms with Crippen molar-refractivity contribution in [1.29, 1.82) is 0 Å². The molecule has 1 unspecified atom stereocenters. The maximum absolute atomic E-state index is 12.2. The molecule has 0 aromatic heterocycles. The Morgan fingerprint density at radius 2 is 1.90 bits per heavy atom.